The number of carbonyl (C=O) groups excluding carboxylic acids is 2. The molecule has 2 unspecified atom stereocenters. The third kappa shape index (κ3) is 3.80. The van der Waals surface area contributed by atoms with Crippen molar-refractivity contribution in [3.8, 4) is 17.2 Å². The summed E-state index contributed by atoms with van der Waals surface area (Å²) < 4.78 is 26.1. The van der Waals surface area contributed by atoms with Crippen molar-refractivity contribution in [2.24, 2.45) is 5.92 Å². The van der Waals surface area contributed by atoms with Gasteiger partial charge in [-0.2, -0.15) is 0 Å². The molecule has 0 heterocycles. The van der Waals surface area contributed by atoms with E-state index in [0.29, 0.717) is 18.4 Å². The van der Waals surface area contributed by atoms with Gasteiger partial charge < -0.3 is 28.8 Å². The predicted octanol–water partition coefficient (Wildman–Crippen LogP) is 1.99. The summed E-state index contributed by atoms with van der Waals surface area (Å²) >= 11 is 0. The highest BCUT2D eigenvalue weighted by Gasteiger charge is 2.36. The molecule has 2 rings (SSSR count). The van der Waals surface area contributed by atoms with Crippen molar-refractivity contribution in [3.05, 3.63) is 16.7 Å². The second-order valence-electron chi connectivity index (χ2n) is 6.27. The predicted molar refractivity (Wildman–Crippen MR) is 95.8 cm³/mol. The molecule has 27 heavy (non-hydrogen) atoms. The van der Waals surface area contributed by atoms with Crippen LogP contribution >= 0.6 is 0 Å². The number of aliphatic hydroxyl groups is 1. The van der Waals surface area contributed by atoms with Crippen molar-refractivity contribution < 1.29 is 38.4 Å². The second-order valence-corrected chi connectivity index (χ2v) is 6.27. The molecule has 8 heteroatoms. The second kappa shape index (κ2) is 8.94. The fraction of sp³-hybridized carbons (Fsp3) is 0.579. The van der Waals surface area contributed by atoms with Gasteiger partial charge in [0.25, 0.3) is 0 Å². The van der Waals surface area contributed by atoms with Crippen LogP contribution in [0, 0.1) is 5.92 Å². The van der Waals surface area contributed by atoms with Crippen molar-refractivity contribution in [1.82, 2.24) is 0 Å². The van der Waals surface area contributed by atoms with Gasteiger partial charge in [-0.3, -0.25) is 0 Å². The van der Waals surface area contributed by atoms with E-state index >= 15 is 0 Å². The molecule has 1 N–H and O–H groups in total. The number of methoxy groups -OCH3 is 5. The molecule has 2 atom stereocenters. The van der Waals surface area contributed by atoms with Crippen LogP contribution in [-0.2, 0) is 15.9 Å². The van der Waals surface area contributed by atoms with Crippen LogP contribution in [0.4, 0.5) is 0 Å². The van der Waals surface area contributed by atoms with Crippen molar-refractivity contribution in [3.63, 3.8) is 0 Å². The summed E-state index contributed by atoms with van der Waals surface area (Å²) in [6.07, 6.45) is 2.33. The first-order chi connectivity index (χ1) is 12.9. The van der Waals surface area contributed by atoms with Crippen molar-refractivity contribution in [1.29, 1.82) is 0 Å². The summed E-state index contributed by atoms with van der Waals surface area (Å²) in [7, 11) is 6.60. The van der Waals surface area contributed by atoms with Crippen LogP contribution in [0.5, 0.6) is 17.2 Å². The van der Waals surface area contributed by atoms with Gasteiger partial charge in [0.15, 0.2) is 5.75 Å². The summed E-state index contributed by atoms with van der Waals surface area (Å²) in [5, 5.41) is 10.2. The van der Waals surface area contributed by atoms with Gasteiger partial charge in [-0.05, 0) is 25.2 Å². The quantitative estimate of drug-likeness (QED) is 0.715. The van der Waals surface area contributed by atoms with Gasteiger partial charge in [-0.15, -0.1) is 0 Å². The number of ether oxygens (including phenoxy) is 5. The van der Waals surface area contributed by atoms with E-state index in [4.69, 9.17) is 23.7 Å². The number of esters is 2. The molecule has 1 aliphatic carbocycles. The first-order valence-corrected chi connectivity index (χ1v) is 8.64. The number of rotatable bonds is 7. The average molecular weight is 382 g/mol. The van der Waals surface area contributed by atoms with E-state index < -0.39 is 18.0 Å². The van der Waals surface area contributed by atoms with E-state index in [1.54, 1.807) is 0 Å². The first-order valence-electron chi connectivity index (χ1n) is 8.64. The molecule has 0 radical (unpaired) electrons. The van der Waals surface area contributed by atoms with Gasteiger partial charge >= 0.3 is 11.9 Å². The molecule has 1 aromatic rings. The maximum absolute atomic E-state index is 12.5. The Morgan fingerprint density at radius 1 is 0.852 bits per heavy atom. The van der Waals surface area contributed by atoms with Crippen LogP contribution in [0.2, 0.25) is 0 Å². The Hall–Kier alpha value is -2.48. The number of aliphatic hydroxyl groups excluding tert-OH is 1. The SMILES string of the molecule is COC(=O)c1c(OC)c(CC2CCCC2O)c(OC)c(C(=O)OC)c1OC. The third-order valence-electron chi connectivity index (χ3n) is 4.93. The number of benzene rings is 1. The summed E-state index contributed by atoms with van der Waals surface area (Å²) in [6.45, 7) is 0. The highest BCUT2D eigenvalue weighted by atomic mass is 16.5. The van der Waals surface area contributed by atoms with Crippen LogP contribution in [-0.4, -0.2) is 58.7 Å². The zero-order chi connectivity index (χ0) is 20.1. The van der Waals surface area contributed by atoms with Crippen molar-refractivity contribution in [2.45, 2.75) is 31.8 Å². The van der Waals surface area contributed by atoms with Gasteiger partial charge in [-0.25, -0.2) is 9.59 Å². The van der Waals surface area contributed by atoms with Gasteiger partial charge in [0.1, 0.15) is 22.6 Å². The molecular formula is C19H26O8. The molecule has 1 saturated carbocycles. The zero-order valence-corrected chi connectivity index (χ0v) is 16.3. The topological polar surface area (TPSA) is 101 Å². The Bertz CT molecular complexity index is 667. The largest absolute Gasteiger partial charge is 0.495 e. The normalized spacial score (nSPS) is 18.7. The lowest BCUT2D eigenvalue weighted by atomic mass is 9.90. The molecular weight excluding hydrogens is 356 g/mol. The molecule has 1 aromatic carbocycles. The third-order valence-corrected chi connectivity index (χ3v) is 4.93. The van der Waals surface area contributed by atoms with E-state index in [1.807, 2.05) is 0 Å². The van der Waals surface area contributed by atoms with Crippen LogP contribution < -0.4 is 14.2 Å². The first kappa shape index (κ1) is 20.8. The summed E-state index contributed by atoms with van der Waals surface area (Å²) in [6, 6.07) is 0. The van der Waals surface area contributed by atoms with E-state index in [-0.39, 0.29) is 34.3 Å². The maximum Gasteiger partial charge on any atom is 0.345 e. The lowest BCUT2D eigenvalue weighted by molar-refractivity contribution is 0.0586. The van der Waals surface area contributed by atoms with Crippen LogP contribution in [0.3, 0.4) is 0 Å². The molecule has 8 nitrogen and oxygen atoms in total. The highest BCUT2D eigenvalue weighted by molar-refractivity contribution is 6.05. The van der Waals surface area contributed by atoms with E-state index in [9.17, 15) is 14.7 Å². The van der Waals surface area contributed by atoms with Gasteiger partial charge in [-0.1, -0.05) is 6.42 Å². The molecule has 0 bridgehead atoms. The summed E-state index contributed by atoms with van der Waals surface area (Å²) in [5.74, 6) is -1.13. The molecule has 1 aliphatic rings. The Balaban J connectivity index is 2.82. The Kier molecular flexibility index (Phi) is 6.90. The fourth-order valence-corrected chi connectivity index (χ4v) is 3.67. The molecule has 0 spiro atoms. The monoisotopic (exact) mass is 382 g/mol. The standard InChI is InChI=1S/C19H26O8/c1-23-15-11(9-10-7-6-8-12(10)20)16(24-2)14(19(22)27-5)17(25-3)13(15)18(21)26-4/h10,12,20H,6-9H2,1-5H3. The van der Waals surface area contributed by atoms with Crippen LogP contribution in [0.25, 0.3) is 0 Å². The summed E-state index contributed by atoms with van der Waals surface area (Å²) in [5.41, 5.74) is 0.449. The van der Waals surface area contributed by atoms with Crippen LogP contribution in [0.1, 0.15) is 45.5 Å². The van der Waals surface area contributed by atoms with E-state index in [0.717, 1.165) is 12.8 Å². The van der Waals surface area contributed by atoms with Gasteiger partial charge in [0.2, 0.25) is 0 Å². The maximum atomic E-state index is 12.5. The van der Waals surface area contributed by atoms with Gasteiger partial charge in [0, 0.05) is 5.56 Å². The van der Waals surface area contributed by atoms with E-state index in [1.165, 1.54) is 35.5 Å². The minimum atomic E-state index is -0.718. The minimum Gasteiger partial charge on any atom is -0.495 e. The van der Waals surface area contributed by atoms with E-state index in [2.05, 4.69) is 0 Å². The van der Waals surface area contributed by atoms with Gasteiger partial charge in [0.05, 0.1) is 41.7 Å². The average Bonchev–Trinajstić information content (AvgIpc) is 3.09. The molecule has 0 saturated heterocycles. The molecule has 0 aliphatic heterocycles. The zero-order valence-electron chi connectivity index (χ0n) is 16.3. The number of hydrogen-bond acceptors (Lipinski definition) is 8. The van der Waals surface area contributed by atoms with Crippen LogP contribution in [0.15, 0.2) is 0 Å². The Labute approximate surface area is 158 Å². The number of carbonyl (C=O) groups is 2. The highest BCUT2D eigenvalue weighted by Crippen LogP contribution is 2.46. The Morgan fingerprint density at radius 3 is 1.67 bits per heavy atom. The van der Waals surface area contributed by atoms with Crippen molar-refractivity contribution >= 4 is 11.9 Å². The molecule has 0 amide bonds. The minimum absolute atomic E-state index is 0.0220. The molecule has 0 aromatic heterocycles. The fourth-order valence-electron chi connectivity index (χ4n) is 3.67. The lowest BCUT2D eigenvalue weighted by Gasteiger charge is -2.24. The summed E-state index contributed by atoms with van der Waals surface area (Å²) in [4.78, 5) is 24.9. The smallest absolute Gasteiger partial charge is 0.345 e. The molecule has 150 valence electrons. The lowest BCUT2D eigenvalue weighted by Crippen LogP contribution is -2.20. The number of hydrogen-bond donors (Lipinski definition) is 1. The van der Waals surface area contributed by atoms with Crippen molar-refractivity contribution in [2.75, 3.05) is 35.5 Å². The molecule has 1 fully saturated rings. The Morgan fingerprint density at radius 2 is 1.33 bits per heavy atom.